The Morgan fingerprint density at radius 1 is 1.00 bits per heavy atom. The van der Waals surface area contributed by atoms with Crippen molar-refractivity contribution in [1.29, 1.82) is 0 Å². The molecule has 14 heavy (non-hydrogen) atoms. The van der Waals surface area contributed by atoms with Crippen LogP contribution in [0.2, 0.25) is 0 Å². The summed E-state index contributed by atoms with van der Waals surface area (Å²) < 4.78 is 0. The summed E-state index contributed by atoms with van der Waals surface area (Å²) in [4.78, 5) is 11.3. The third-order valence-electron chi connectivity index (χ3n) is 1.63. The van der Waals surface area contributed by atoms with Crippen molar-refractivity contribution in [3.8, 4) is 0 Å². The van der Waals surface area contributed by atoms with Crippen LogP contribution in [0.5, 0.6) is 0 Å². The van der Waals surface area contributed by atoms with E-state index in [9.17, 15) is 4.79 Å². The molecule has 0 saturated heterocycles. The Labute approximate surface area is 87.2 Å². The highest BCUT2D eigenvalue weighted by Gasteiger charge is 1.98. The number of hydrogen-bond donors (Lipinski definition) is 0. The second kappa shape index (κ2) is 6.36. The van der Waals surface area contributed by atoms with Crippen molar-refractivity contribution in [2.24, 2.45) is 0 Å². The predicted molar refractivity (Wildman–Crippen MR) is 62.2 cm³/mol. The highest BCUT2D eigenvalue weighted by atomic mass is 16.1. The van der Waals surface area contributed by atoms with Gasteiger partial charge in [0.1, 0.15) is 0 Å². The molecule has 0 unspecified atom stereocenters. The van der Waals surface area contributed by atoms with Gasteiger partial charge in [0.15, 0.2) is 5.78 Å². The Hall–Kier alpha value is -1.11. The zero-order valence-electron chi connectivity index (χ0n) is 9.68. The minimum Gasteiger partial charge on any atom is -0.295 e. The maximum Gasteiger partial charge on any atom is 0.155 e. The molecule has 0 heterocycles. The van der Waals surface area contributed by atoms with E-state index in [2.05, 4.69) is 6.58 Å². The van der Waals surface area contributed by atoms with Crippen LogP contribution in [0.25, 0.3) is 0 Å². The SMILES string of the molecule is C=C(C=C(C)C)CCC(=O)C=C(C)C. The minimum absolute atomic E-state index is 0.188. The Morgan fingerprint density at radius 3 is 1.93 bits per heavy atom. The third-order valence-corrected chi connectivity index (χ3v) is 1.63. The van der Waals surface area contributed by atoms with Crippen LogP contribution in [0.3, 0.4) is 0 Å². The van der Waals surface area contributed by atoms with Crippen LogP contribution in [-0.2, 0) is 4.79 Å². The van der Waals surface area contributed by atoms with E-state index in [0.29, 0.717) is 6.42 Å². The largest absolute Gasteiger partial charge is 0.295 e. The van der Waals surface area contributed by atoms with E-state index in [1.807, 2.05) is 33.8 Å². The summed E-state index contributed by atoms with van der Waals surface area (Å²) in [5.74, 6) is 0.188. The summed E-state index contributed by atoms with van der Waals surface area (Å²) in [6, 6.07) is 0. The van der Waals surface area contributed by atoms with E-state index in [0.717, 1.165) is 17.6 Å². The second-order valence-corrected chi connectivity index (χ2v) is 4.07. The number of carbonyl (C=O) groups is 1. The van der Waals surface area contributed by atoms with Crippen molar-refractivity contribution in [2.75, 3.05) is 0 Å². The molecule has 0 amide bonds. The maximum absolute atomic E-state index is 11.3. The molecule has 0 bridgehead atoms. The average Bonchev–Trinajstić information content (AvgIpc) is 1.98. The van der Waals surface area contributed by atoms with Gasteiger partial charge in [-0.25, -0.2) is 0 Å². The highest BCUT2D eigenvalue weighted by Crippen LogP contribution is 2.08. The molecule has 1 heteroatoms. The van der Waals surface area contributed by atoms with Crippen molar-refractivity contribution in [1.82, 2.24) is 0 Å². The summed E-state index contributed by atoms with van der Waals surface area (Å²) in [5.41, 5.74) is 3.31. The molecule has 0 aliphatic heterocycles. The molecular weight excluding hydrogens is 172 g/mol. The van der Waals surface area contributed by atoms with Crippen LogP contribution >= 0.6 is 0 Å². The van der Waals surface area contributed by atoms with Crippen LogP contribution in [0.4, 0.5) is 0 Å². The molecule has 0 aliphatic rings. The lowest BCUT2D eigenvalue weighted by Gasteiger charge is -1.99. The van der Waals surface area contributed by atoms with E-state index in [-0.39, 0.29) is 5.78 Å². The minimum atomic E-state index is 0.188. The van der Waals surface area contributed by atoms with Gasteiger partial charge < -0.3 is 0 Å². The Bertz CT molecular complexity index is 242. The maximum atomic E-state index is 11.3. The number of allylic oxidation sites excluding steroid dienone is 5. The lowest BCUT2D eigenvalue weighted by atomic mass is 10.1. The highest BCUT2D eigenvalue weighted by molar-refractivity contribution is 5.90. The average molecular weight is 192 g/mol. The molecule has 0 atom stereocenters. The van der Waals surface area contributed by atoms with Crippen molar-refractivity contribution in [3.63, 3.8) is 0 Å². The summed E-state index contributed by atoms with van der Waals surface area (Å²) in [5, 5.41) is 0. The molecule has 0 fully saturated rings. The molecule has 0 radical (unpaired) electrons. The first-order valence-corrected chi connectivity index (χ1v) is 4.92. The van der Waals surface area contributed by atoms with Gasteiger partial charge in [0.05, 0.1) is 0 Å². The van der Waals surface area contributed by atoms with Crippen LogP contribution in [0, 0.1) is 0 Å². The van der Waals surface area contributed by atoms with Crippen LogP contribution < -0.4 is 0 Å². The Kier molecular flexibility index (Phi) is 5.86. The number of carbonyl (C=O) groups excluding carboxylic acids is 1. The van der Waals surface area contributed by atoms with E-state index in [4.69, 9.17) is 0 Å². The summed E-state index contributed by atoms with van der Waals surface area (Å²) in [6.45, 7) is 11.8. The van der Waals surface area contributed by atoms with Gasteiger partial charge in [-0.05, 0) is 40.2 Å². The molecule has 0 aromatic carbocycles. The lowest BCUT2D eigenvalue weighted by Crippen LogP contribution is -1.93. The molecular formula is C13H20O. The van der Waals surface area contributed by atoms with Gasteiger partial charge in [-0.15, -0.1) is 0 Å². The lowest BCUT2D eigenvalue weighted by molar-refractivity contribution is -0.114. The zero-order valence-corrected chi connectivity index (χ0v) is 9.68. The fourth-order valence-electron chi connectivity index (χ4n) is 1.16. The topological polar surface area (TPSA) is 17.1 Å². The summed E-state index contributed by atoms with van der Waals surface area (Å²) in [6.07, 6.45) is 5.03. The number of hydrogen-bond acceptors (Lipinski definition) is 1. The van der Waals surface area contributed by atoms with Gasteiger partial charge in [0, 0.05) is 6.42 Å². The molecule has 0 spiro atoms. The monoisotopic (exact) mass is 192 g/mol. The second-order valence-electron chi connectivity index (χ2n) is 4.07. The molecule has 0 aliphatic carbocycles. The first-order chi connectivity index (χ1) is 6.41. The van der Waals surface area contributed by atoms with E-state index in [1.165, 1.54) is 5.57 Å². The molecule has 0 aromatic rings. The van der Waals surface area contributed by atoms with Crippen molar-refractivity contribution in [2.45, 2.75) is 40.5 Å². The van der Waals surface area contributed by atoms with Crippen LogP contribution in [-0.4, -0.2) is 5.78 Å². The normalized spacial score (nSPS) is 9.14. The van der Waals surface area contributed by atoms with Crippen molar-refractivity contribution in [3.05, 3.63) is 35.5 Å². The van der Waals surface area contributed by atoms with Gasteiger partial charge in [-0.2, -0.15) is 0 Å². The van der Waals surface area contributed by atoms with Crippen molar-refractivity contribution >= 4 is 5.78 Å². The van der Waals surface area contributed by atoms with Gasteiger partial charge >= 0.3 is 0 Å². The third kappa shape index (κ3) is 7.53. The van der Waals surface area contributed by atoms with Gasteiger partial charge in [0.25, 0.3) is 0 Å². The standard InChI is InChI=1S/C13H20O/c1-10(2)8-12(5)6-7-13(14)9-11(3)4/h8-9H,5-7H2,1-4H3. The molecule has 78 valence electrons. The fraction of sp³-hybridized carbons (Fsp3) is 0.462. The van der Waals surface area contributed by atoms with Crippen LogP contribution in [0.15, 0.2) is 35.5 Å². The van der Waals surface area contributed by atoms with Crippen LogP contribution in [0.1, 0.15) is 40.5 Å². The van der Waals surface area contributed by atoms with E-state index >= 15 is 0 Å². The fourth-order valence-corrected chi connectivity index (χ4v) is 1.16. The first kappa shape index (κ1) is 12.9. The summed E-state index contributed by atoms with van der Waals surface area (Å²) in [7, 11) is 0. The van der Waals surface area contributed by atoms with Gasteiger partial charge in [-0.1, -0.05) is 29.4 Å². The molecule has 0 rings (SSSR count). The summed E-state index contributed by atoms with van der Waals surface area (Å²) >= 11 is 0. The molecule has 0 saturated carbocycles. The zero-order chi connectivity index (χ0) is 11.1. The van der Waals surface area contributed by atoms with Gasteiger partial charge in [-0.3, -0.25) is 4.79 Å². The molecule has 0 aromatic heterocycles. The van der Waals surface area contributed by atoms with Crippen molar-refractivity contribution < 1.29 is 4.79 Å². The van der Waals surface area contributed by atoms with E-state index in [1.54, 1.807) is 6.08 Å². The smallest absolute Gasteiger partial charge is 0.155 e. The Balaban J connectivity index is 3.96. The number of rotatable bonds is 5. The number of ketones is 1. The van der Waals surface area contributed by atoms with E-state index < -0.39 is 0 Å². The molecule has 1 nitrogen and oxygen atoms in total. The quantitative estimate of drug-likeness (QED) is 0.478. The Morgan fingerprint density at radius 2 is 1.50 bits per heavy atom. The molecule has 0 N–H and O–H groups in total. The first-order valence-electron chi connectivity index (χ1n) is 4.92. The predicted octanol–water partition coefficient (Wildman–Crippen LogP) is 3.82. The van der Waals surface area contributed by atoms with Gasteiger partial charge in [0.2, 0.25) is 0 Å².